The van der Waals surface area contributed by atoms with E-state index in [-0.39, 0.29) is 0 Å². The van der Waals surface area contributed by atoms with Crippen LogP contribution in [0.15, 0.2) is 42.5 Å². The summed E-state index contributed by atoms with van der Waals surface area (Å²) in [5.74, 6) is 4.54. The second-order valence-electron chi connectivity index (χ2n) is 6.30. The van der Waals surface area contributed by atoms with E-state index >= 15 is 0 Å². The van der Waals surface area contributed by atoms with Crippen molar-refractivity contribution in [1.29, 1.82) is 0 Å². The topological polar surface area (TPSA) is 0 Å². The van der Waals surface area contributed by atoms with Crippen molar-refractivity contribution < 1.29 is 0 Å². The molecule has 0 spiro atoms. The maximum absolute atomic E-state index is 4.47. The number of rotatable bonds is 1. The summed E-state index contributed by atoms with van der Waals surface area (Å²) in [6, 6.07) is 11.0. The summed E-state index contributed by atoms with van der Waals surface area (Å²) < 4.78 is 0. The van der Waals surface area contributed by atoms with Crippen LogP contribution >= 0.6 is 0 Å². The molecule has 0 amide bonds. The molecule has 0 radical (unpaired) electrons. The van der Waals surface area contributed by atoms with Crippen molar-refractivity contribution in [3.63, 3.8) is 0 Å². The van der Waals surface area contributed by atoms with Gasteiger partial charge in [0.15, 0.2) is 0 Å². The molecular weight excluding hydrogens is 204 g/mol. The maximum Gasteiger partial charge on any atom is 0.00514 e. The summed E-state index contributed by atoms with van der Waals surface area (Å²) in [6.07, 6.45) is 5.87. The van der Waals surface area contributed by atoms with E-state index in [1.807, 2.05) is 0 Å². The molecule has 4 rings (SSSR count). The second-order valence-corrected chi connectivity index (χ2v) is 6.30. The van der Waals surface area contributed by atoms with Gasteiger partial charge in [0, 0.05) is 5.92 Å². The molecule has 88 valence electrons. The number of fused-ring (bicyclic) bond motifs is 5. The largest absolute Gasteiger partial charge is 0.0989 e. The first-order valence-corrected chi connectivity index (χ1v) is 7.08. The van der Waals surface area contributed by atoms with E-state index < -0.39 is 0 Å². The van der Waals surface area contributed by atoms with Crippen molar-refractivity contribution in [2.24, 2.45) is 23.7 Å². The number of hydrogen-bond donors (Lipinski definition) is 0. The zero-order valence-electron chi connectivity index (χ0n) is 10.3. The zero-order valence-corrected chi connectivity index (χ0v) is 10.3. The Hall–Kier alpha value is -1.04. The Morgan fingerprint density at radius 2 is 1.71 bits per heavy atom. The van der Waals surface area contributed by atoms with Crippen molar-refractivity contribution in [2.45, 2.75) is 31.6 Å². The Balaban J connectivity index is 1.67. The summed E-state index contributed by atoms with van der Waals surface area (Å²) in [5, 5.41) is 0. The first-order chi connectivity index (χ1) is 8.34. The Labute approximate surface area is 104 Å². The minimum absolute atomic E-state index is 0.662. The van der Waals surface area contributed by atoms with Gasteiger partial charge in [-0.3, -0.25) is 0 Å². The molecule has 0 heteroatoms. The van der Waals surface area contributed by atoms with Crippen molar-refractivity contribution in [1.82, 2.24) is 0 Å². The summed E-state index contributed by atoms with van der Waals surface area (Å²) >= 11 is 0. The molecule has 0 heterocycles. The highest BCUT2D eigenvalue weighted by molar-refractivity contribution is 5.34. The van der Waals surface area contributed by atoms with Gasteiger partial charge in [-0.2, -0.15) is 0 Å². The van der Waals surface area contributed by atoms with E-state index in [9.17, 15) is 0 Å². The monoisotopic (exact) mass is 224 g/mol. The van der Waals surface area contributed by atoms with Gasteiger partial charge in [-0.15, -0.1) is 0 Å². The third kappa shape index (κ3) is 1.30. The Morgan fingerprint density at radius 1 is 0.941 bits per heavy atom. The molecule has 0 saturated heterocycles. The SMILES string of the molecule is C=C1C(c2ccccc2)CC2C3CCC(C3)C12. The zero-order chi connectivity index (χ0) is 11.4. The number of hydrogen-bond acceptors (Lipinski definition) is 0. The Bertz CT molecular complexity index is 444. The highest BCUT2D eigenvalue weighted by atomic mass is 14.6. The van der Waals surface area contributed by atoms with E-state index in [4.69, 9.17) is 0 Å². The van der Waals surface area contributed by atoms with Crippen LogP contribution in [0.25, 0.3) is 0 Å². The van der Waals surface area contributed by atoms with Crippen molar-refractivity contribution in [3.8, 4) is 0 Å². The predicted octanol–water partition coefficient (Wildman–Crippen LogP) is 4.39. The number of benzene rings is 1. The van der Waals surface area contributed by atoms with E-state index in [2.05, 4.69) is 36.9 Å². The molecule has 5 unspecified atom stereocenters. The van der Waals surface area contributed by atoms with Crippen molar-refractivity contribution >= 4 is 0 Å². The number of allylic oxidation sites excluding steroid dienone is 1. The molecule has 0 N–H and O–H groups in total. The molecule has 3 aliphatic carbocycles. The molecule has 1 aromatic rings. The molecule has 3 aliphatic rings. The fourth-order valence-electron chi connectivity index (χ4n) is 5.02. The highest BCUT2D eigenvalue weighted by Crippen LogP contribution is 2.63. The van der Waals surface area contributed by atoms with Gasteiger partial charge in [0.2, 0.25) is 0 Å². The lowest BCUT2D eigenvalue weighted by Gasteiger charge is -2.24. The second kappa shape index (κ2) is 3.48. The first kappa shape index (κ1) is 9.94. The molecule has 2 bridgehead atoms. The standard InChI is InChI=1S/C17H20/c1-11-15(12-5-3-2-4-6-12)10-16-13-7-8-14(9-13)17(11)16/h2-6,13-17H,1,7-10H2. The molecule has 5 atom stereocenters. The third-order valence-electron chi connectivity index (χ3n) is 5.67. The van der Waals surface area contributed by atoms with Crippen LogP contribution in [-0.4, -0.2) is 0 Å². The van der Waals surface area contributed by atoms with E-state index in [1.54, 1.807) is 5.57 Å². The third-order valence-corrected chi connectivity index (χ3v) is 5.67. The average molecular weight is 224 g/mol. The van der Waals surface area contributed by atoms with Crippen LogP contribution in [0.3, 0.4) is 0 Å². The van der Waals surface area contributed by atoms with Gasteiger partial charge in [0.25, 0.3) is 0 Å². The van der Waals surface area contributed by atoms with Crippen molar-refractivity contribution in [2.75, 3.05) is 0 Å². The van der Waals surface area contributed by atoms with E-state index in [1.165, 1.54) is 31.2 Å². The molecular formula is C17H20. The molecule has 0 nitrogen and oxygen atoms in total. The van der Waals surface area contributed by atoms with Crippen LogP contribution in [-0.2, 0) is 0 Å². The maximum atomic E-state index is 4.47. The lowest BCUT2D eigenvalue weighted by Crippen LogP contribution is -2.17. The first-order valence-electron chi connectivity index (χ1n) is 7.08. The van der Waals surface area contributed by atoms with Crippen LogP contribution in [0.4, 0.5) is 0 Å². The molecule has 17 heavy (non-hydrogen) atoms. The van der Waals surface area contributed by atoms with Crippen LogP contribution in [0.1, 0.15) is 37.2 Å². The fourth-order valence-corrected chi connectivity index (χ4v) is 5.02. The van der Waals surface area contributed by atoms with E-state index in [0.717, 1.165) is 23.7 Å². The molecule has 1 aromatic carbocycles. The summed E-state index contributed by atoms with van der Waals surface area (Å²) in [5.41, 5.74) is 3.07. The van der Waals surface area contributed by atoms with Crippen molar-refractivity contribution in [3.05, 3.63) is 48.0 Å². The van der Waals surface area contributed by atoms with Gasteiger partial charge in [-0.1, -0.05) is 42.5 Å². The predicted molar refractivity (Wildman–Crippen MR) is 70.8 cm³/mol. The average Bonchev–Trinajstić information content (AvgIpc) is 3.03. The summed E-state index contributed by atoms with van der Waals surface area (Å²) in [6.45, 7) is 4.47. The normalized spacial score (nSPS) is 43.1. The smallest absolute Gasteiger partial charge is 0.00514 e. The van der Waals surface area contributed by atoms with Gasteiger partial charge in [0.05, 0.1) is 0 Å². The minimum atomic E-state index is 0.662. The quantitative estimate of drug-likeness (QED) is 0.620. The summed E-state index contributed by atoms with van der Waals surface area (Å²) in [7, 11) is 0. The lowest BCUT2D eigenvalue weighted by atomic mass is 9.80. The van der Waals surface area contributed by atoms with Gasteiger partial charge in [-0.25, -0.2) is 0 Å². The summed E-state index contributed by atoms with van der Waals surface area (Å²) in [4.78, 5) is 0. The van der Waals surface area contributed by atoms with Gasteiger partial charge >= 0.3 is 0 Å². The van der Waals surface area contributed by atoms with Crippen LogP contribution in [0, 0.1) is 23.7 Å². The molecule has 3 saturated carbocycles. The van der Waals surface area contributed by atoms with Crippen LogP contribution in [0.2, 0.25) is 0 Å². The van der Waals surface area contributed by atoms with Gasteiger partial charge in [0.1, 0.15) is 0 Å². The highest BCUT2D eigenvalue weighted by Gasteiger charge is 2.53. The van der Waals surface area contributed by atoms with Crippen LogP contribution < -0.4 is 0 Å². The Morgan fingerprint density at radius 3 is 2.47 bits per heavy atom. The van der Waals surface area contributed by atoms with Gasteiger partial charge < -0.3 is 0 Å². The van der Waals surface area contributed by atoms with E-state index in [0.29, 0.717) is 5.92 Å². The molecule has 3 fully saturated rings. The molecule has 0 aliphatic heterocycles. The molecule has 0 aromatic heterocycles. The Kier molecular flexibility index (Phi) is 2.03. The van der Waals surface area contributed by atoms with Crippen LogP contribution in [0.5, 0.6) is 0 Å². The van der Waals surface area contributed by atoms with Gasteiger partial charge in [-0.05, 0) is 54.9 Å². The fraction of sp³-hybridized carbons (Fsp3) is 0.529. The minimum Gasteiger partial charge on any atom is -0.0989 e. The lowest BCUT2D eigenvalue weighted by molar-refractivity contribution is 0.282.